The topological polar surface area (TPSA) is 49.4 Å². The van der Waals surface area contributed by atoms with Gasteiger partial charge >= 0.3 is 0 Å². The van der Waals surface area contributed by atoms with Gasteiger partial charge in [-0.2, -0.15) is 0 Å². The minimum Gasteiger partial charge on any atom is -0.352 e. The Morgan fingerprint density at radius 2 is 1.62 bits per heavy atom. The lowest BCUT2D eigenvalue weighted by atomic mass is 10.0. The summed E-state index contributed by atoms with van der Waals surface area (Å²) < 4.78 is 0. The Morgan fingerprint density at radius 3 is 2.30 bits per heavy atom. The predicted molar refractivity (Wildman–Crippen MR) is 156 cm³/mol. The molecule has 4 nitrogen and oxygen atoms in total. The van der Waals surface area contributed by atoms with E-state index in [-0.39, 0.29) is 30.2 Å². The molecule has 0 saturated carbocycles. The van der Waals surface area contributed by atoms with Crippen molar-refractivity contribution < 1.29 is 9.59 Å². The highest BCUT2D eigenvalue weighted by atomic mass is 35.5. The first kappa shape index (κ1) is 29.4. The van der Waals surface area contributed by atoms with Crippen molar-refractivity contribution >= 4 is 58.4 Å². The second-order valence-electron chi connectivity index (χ2n) is 8.90. The molecule has 0 saturated heterocycles. The lowest BCUT2D eigenvalue weighted by molar-refractivity contribution is -0.139. The Morgan fingerprint density at radius 1 is 0.919 bits per heavy atom. The Balaban J connectivity index is 1.89. The molecule has 0 aliphatic heterocycles. The molecule has 1 N–H and O–H groups in total. The zero-order chi connectivity index (χ0) is 26.8. The van der Waals surface area contributed by atoms with E-state index in [2.05, 4.69) is 5.32 Å². The van der Waals surface area contributed by atoms with E-state index >= 15 is 0 Å². The molecule has 37 heavy (non-hydrogen) atoms. The molecule has 0 radical (unpaired) electrons. The van der Waals surface area contributed by atoms with Crippen LogP contribution < -0.4 is 5.32 Å². The molecule has 3 rings (SSSR count). The molecule has 2 atom stereocenters. The maximum Gasteiger partial charge on any atom is 0.243 e. The number of nitrogens with zero attached hydrogens (tertiary/aromatic N) is 1. The van der Waals surface area contributed by atoms with Crippen molar-refractivity contribution in [3.8, 4) is 0 Å². The van der Waals surface area contributed by atoms with E-state index in [1.165, 1.54) is 11.8 Å². The third-order valence-electron chi connectivity index (χ3n) is 6.01. The van der Waals surface area contributed by atoms with Gasteiger partial charge in [0.05, 0.1) is 5.75 Å². The van der Waals surface area contributed by atoms with Crippen molar-refractivity contribution in [3.63, 3.8) is 0 Å². The fourth-order valence-corrected chi connectivity index (χ4v) is 5.33. The largest absolute Gasteiger partial charge is 0.352 e. The SMILES string of the molecule is CC[C@@H](C)NC(=O)[C@@H](Cc1ccccc1)N(Cc1ccc(Cl)cc1Cl)C(=O)CSCc1cccc(Cl)c1. The summed E-state index contributed by atoms with van der Waals surface area (Å²) in [5.74, 6) is 0.513. The van der Waals surface area contributed by atoms with Gasteiger partial charge in [0.25, 0.3) is 0 Å². The Bertz CT molecular complexity index is 1190. The summed E-state index contributed by atoms with van der Waals surface area (Å²) in [5.41, 5.74) is 2.74. The summed E-state index contributed by atoms with van der Waals surface area (Å²) in [7, 11) is 0. The van der Waals surface area contributed by atoms with Gasteiger partial charge < -0.3 is 10.2 Å². The fraction of sp³-hybridized carbons (Fsp3) is 0.310. The van der Waals surface area contributed by atoms with Crippen LogP contribution in [0.15, 0.2) is 72.8 Å². The molecule has 0 fully saturated rings. The van der Waals surface area contributed by atoms with Crippen LogP contribution in [-0.4, -0.2) is 34.6 Å². The second kappa shape index (κ2) is 14.7. The van der Waals surface area contributed by atoms with Gasteiger partial charge in [-0.25, -0.2) is 0 Å². The molecule has 0 aliphatic carbocycles. The summed E-state index contributed by atoms with van der Waals surface area (Å²) >= 11 is 20.2. The highest BCUT2D eigenvalue weighted by Gasteiger charge is 2.31. The van der Waals surface area contributed by atoms with E-state index < -0.39 is 6.04 Å². The maximum absolute atomic E-state index is 13.7. The van der Waals surface area contributed by atoms with E-state index in [9.17, 15) is 9.59 Å². The van der Waals surface area contributed by atoms with Gasteiger partial charge in [0.2, 0.25) is 11.8 Å². The minimum atomic E-state index is -0.706. The van der Waals surface area contributed by atoms with E-state index in [4.69, 9.17) is 34.8 Å². The zero-order valence-corrected chi connectivity index (χ0v) is 24.0. The molecule has 0 bridgehead atoms. The van der Waals surface area contributed by atoms with E-state index in [0.29, 0.717) is 27.2 Å². The van der Waals surface area contributed by atoms with Crippen molar-refractivity contribution in [3.05, 3.63) is 105 Å². The number of hydrogen-bond acceptors (Lipinski definition) is 3. The first-order valence-electron chi connectivity index (χ1n) is 12.2. The second-order valence-corrected chi connectivity index (χ2v) is 11.2. The van der Waals surface area contributed by atoms with E-state index in [1.54, 1.807) is 23.1 Å². The van der Waals surface area contributed by atoms with Gasteiger partial charge in [0.1, 0.15) is 6.04 Å². The van der Waals surface area contributed by atoms with Crippen molar-refractivity contribution in [1.29, 1.82) is 0 Å². The van der Waals surface area contributed by atoms with Crippen LogP contribution in [0.25, 0.3) is 0 Å². The van der Waals surface area contributed by atoms with Gasteiger partial charge in [-0.15, -0.1) is 11.8 Å². The molecule has 3 aromatic rings. The van der Waals surface area contributed by atoms with Crippen LogP contribution in [0.1, 0.15) is 37.0 Å². The van der Waals surface area contributed by atoms with Gasteiger partial charge in [-0.05, 0) is 54.3 Å². The average Bonchev–Trinajstić information content (AvgIpc) is 2.87. The molecule has 196 valence electrons. The molecule has 0 unspecified atom stereocenters. The molecule has 0 aromatic heterocycles. The third kappa shape index (κ3) is 9.26. The van der Waals surface area contributed by atoms with Gasteiger partial charge in [-0.3, -0.25) is 9.59 Å². The lowest BCUT2D eigenvalue weighted by Crippen LogP contribution is -2.52. The summed E-state index contributed by atoms with van der Waals surface area (Å²) in [6.45, 7) is 4.17. The smallest absolute Gasteiger partial charge is 0.243 e. The predicted octanol–water partition coefficient (Wildman–Crippen LogP) is 7.43. The number of amides is 2. The lowest BCUT2D eigenvalue weighted by Gasteiger charge is -2.32. The highest BCUT2D eigenvalue weighted by molar-refractivity contribution is 7.99. The number of carbonyl (C=O) groups is 2. The number of carbonyl (C=O) groups excluding carboxylic acids is 2. The van der Waals surface area contributed by atoms with Crippen molar-refractivity contribution in [2.24, 2.45) is 0 Å². The monoisotopic (exact) mass is 576 g/mol. The van der Waals surface area contributed by atoms with Crippen LogP contribution in [0, 0.1) is 0 Å². The van der Waals surface area contributed by atoms with Gasteiger partial charge in [0, 0.05) is 39.8 Å². The van der Waals surface area contributed by atoms with Crippen LogP contribution in [0.3, 0.4) is 0 Å². The van der Waals surface area contributed by atoms with Crippen LogP contribution in [0.4, 0.5) is 0 Å². The first-order chi connectivity index (χ1) is 17.8. The van der Waals surface area contributed by atoms with Crippen LogP contribution in [0.5, 0.6) is 0 Å². The maximum atomic E-state index is 13.7. The van der Waals surface area contributed by atoms with Crippen LogP contribution in [-0.2, 0) is 28.3 Å². The Hall–Kier alpha value is -2.18. The molecular formula is C29H31Cl3N2O2S. The third-order valence-corrected chi connectivity index (χ3v) is 7.82. The first-order valence-corrected chi connectivity index (χ1v) is 14.5. The van der Waals surface area contributed by atoms with Gasteiger partial charge in [-0.1, -0.05) is 90.3 Å². The normalized spacial score (nSPS) is 12.6. The van der Waals surface area contributed by atoms with Crippen molar-refractivity contribution in [1.82, 2.24) is 10.2 Å². The summed E-state index contributed by atoms with van der Waals surface area (Å²) in [5, 5.41) is 4.70. The number of nitrogens with one attached hydrogen (secondary N) is 1. The standard InChI is InChI=1S/C29H31Cl3N2O2S/c1-3-20(2)33-29(36)27(15-21-8-5-4-6-9-21)34(17-23-12-13-25(31)16-26(23)32)28(35)19-37-18-22-10-7-11-24(30)14-22/h4-14,16,20,27H,3,15,17-19H2,1-2H3,(H,33,36)/t20-,27-/m1/s1. The van der Waals surface area contributed by atoms with Crippen molar-refractivity contribution in [2.75, 3.05) is 5.75 Å². The van der Waals surface area contributed by atoms with Crippen LogP contribution in [0.2, 0.25) is 15.1 Å². The Labute approximate surface area is 238 Å². The zero-order valence-electron chi connectivity index (χ0n) is 20.9. The highest BCUT2D eigenvalue weighted by Crippen LogP contribution is 2.25. The molecule has 0 aliphatic rings. The van der Waals surface area contributed by atoms with Crippen molar-refractivity contribution in [2.45, 2.75) is 51.1 Å². The molecule has 2 amide bonds. The average molecular weight is 578 g/mol. The van der Waals surface area contributed by atoms with Crippen LogP contribution >= 0.6 is 46.6 Å². The summed E-state index contributed by atoms with van der Waals surface area (Å²) in [6.07, 6.45) is 1.18. The number of rotatable bonds is 12. The number of thioether (sulfide) groups is 1. The molecule has 0 heterocycles. The summed E-state index contributed by atoms with van der Waals surface area (Å²) in [6, 6.07) is 21.8. The van der Waals surface area contributed by atoms with E-state index in [0.717, 1.165) is 23.1 Å². The number of halogens is 3. The quantitative estimate of drug-likeness (QED) is 0.243. The number of benzene rings is 3. The van der Waals surface area contributed by atoms with Gasteiger partial charge in [0.15, 0.2) is 0 Å². The van der Waals surface area contributed by atoms with E-state index in [1.807, 2.05) is 68.4 Å². The molecule has 0 spiro atoms. The molecular weight excluding hydrogens is 547 g/mol. The molecule has 3 aromatic carbocycles. The minimum absolute atomic E-state index is 0.0148. The number of hydrogen-bond donors (Lipinski definition) is 1. The fourth-order valence-electron chi connectivity index (χ4n) is 3.79. The molecule has 8 heteroatoms. The Kier molecular flexibility index (Phi) is 11.7. The summed E-state index contributed by atoms with van der Waals surface area (Å²) in [4.78, 5) is 28.9.